The molecule has 2 heterocycles. The van der Waals surface area contributed by atoms with Gasteiger partial charge >= 0.3 is 0 Å². The Morgan fingerprint density at radius 3 is 2.67 bits per heavy atom. The van der Waals surface area contributed by atoms with Crippen LogP contribution in [0.1, 0.15) is 23.2 Å². The Hall–Kier alpha value is -2.12. The van der Waals surface area contributed by atoms with Gasteiger partial charge in [0.1, 0.15) is 6.04 Å². The highest BCUT2D eigenvalue weighted by Gasteiger charge is 2.28. The number of anilines is 1. The quantitative estimate of drug-likeness (QED) is 0.669. The molecule has 2 aliphatic heterocycles. The van der Waals surface area contributed by atoms with Crippen LogP contribution in [-0.2, 0) is 9.59 Å². The summed E-state index contributed by atoms with van der Waals surface area (Å²) in [5.41, 5.74) is 1.52. The first-order valence-electron chi connectivity index (χ1n) is 7.84. The van der Waals surface area contributed by atoms with Crippen LogP contribution in [0.3, 0.4) is 0 Å². The molecule has 0 saturated carbocycles. The van der Waals surface area contributed by atoms with Gasteiger partial charge in [0.05, 0.1) is 0 Å². The average molecular weight is 353 g/mol. The van der Waals surface area contributed by atoms with E-state index in [1.807, 2.05) is 18.2 Å². The lowest BCUT2D eigenvalue weighted by Crippen LogP contribution is -2.52. The maximum Gasteiger partial charge on any atom is 0.252 e. The van der Waals surface area contributed by atoms with Crippen molar-refractivity contribution in [3.05, 3.63) is 29.8 Å². The molecular weight excluding hydrogens is 332 g/mol. The van der Waals surface area contributed by atoms with E-state index in [1.54, 1.807) is 6.07 Å². The van der Waals surface area contributed by atoms with E-state index in [0.29, 0.717) is 12.0 Å². The van der Waals surface area contributed by atoms with Gasteiger partial charge in [-0.3, -0.25) is 19.7 Å². The van der Waals surface area contributed by atoms with Gasteiger partial charge in [-0.1, -0.05) is 6.07 Å². The molecule has 7 nitrogen and oxygen atoms in total. The molecule has 2 aliphatic rings. The van der Waals surface area contributed by atoms with Gasteiger partial charge in [0, 0.05) is 43.9 Å². The van der Waals surface area contributed by atoms with Crippen molar-refractivity contribution in [3.8, 4) is 0 Å². The van der Waals surface area contributed by atoms with Gasteiger partial charge in [-0.25, -0.2) is 0 Å². The molecule has 1 atom stereocenters. The molecule has 1 aromatic rings. The highest BCUT2D eigenvalue weighted by molar-refractivity contribution is 6.04. The predicted molar refractivity (Wildman–Crippen MR) is 92.4 cm³/mol. The maximum atomic E-state index is 12.4. The molecule has 0 aromatic heterocycles. The number of carbonyl (C=O) groups excluding carboxylic acids is 3. The van der Waals surface area contributed by atoms with E-state index in [-0.39, 0.29) is 30.6 Å². The number of hydrogen-bond donors (Lipinski definition) is 3. The smallest absolute Gasteiger partial charge is 0.252 e. The molecule has 0 bridgehead atoms. The van der Waals surface area contributed by atoms with E-state index in [9.17, 15) is 14.4 Å². The molecule has 0 radical (unpaired) electrons. The number of nitrogens with one attached hydrogen (secondary N) is 3. The van der Waals surface area contributed by atoms with Crippen molar-refractivity contribution in [3.63, 3.8) is 0 Å². The largest absolute Gasteiger partial charge is 0.369 e. The van der Waals surface area contributed by atoms with Crippen LogP contribution in [0.25, 0.3) is 0 Å². The van der Waals surface area contributed by atoms with Gasteiger partial charge in [-0.2, -0.15) is 0 Å². The number of piperidine rings is 1. The van der Waals surface area contributed by atoms with Crippen molar-refractivity contribution in [2.45, 2.75) is 18.9 Å². The summed E-state index contributed by atoms with van der Waals surface area (Å²) in [5, 5.41) is 8.23. The third kappa shape index (κ3) is 4.24. The third-order valence-electron chi connectivity index (χ3n) is 4.13. The van der Waals surface area contributed by atoms with Crippen molar-refractivity contribution in [2.75, 3.05) is 31.1 Å². The fraction of sp³-hybridized carbons (Fsp3) is 0.438. The molecule has 3 amide bonds. The highest BCUT2D eigenvalue weighted by Crippen LogP contribution is 2.17. The van der Waals surface area contributed by atoms with Crippen LogP contribution in [0.15, 0.2) is 24.3 Å². The molecule has 1 aromatic carbocycles. The molecule has 1 unspecified atom stereocenters. The fourth-order valence-corrected chi connectivity index (χ4v) is 2.84. The second kappa shape index (κ2) is 8.12. The SMILES string of the molecule is Cl.O=C1CCC(NC(=O)c2cccc(N3CCNCC3)c2)C(=O)N1. The summed E-state index contributed by atoms with van der Waals surface area (Å²) in [5.74, 6) is -1.02. The molecule has 3 rings (SSSR count). The molecule has 2 fully saturated rings. The highest BCUT2D eigenvalue weighted by atomic mass is 35.5. The number of nitrogens with zero attached hydrogens (tertiary/aromatic N) is 1. The molecule has 2 saturated heterocycles. The van der Waals surface area contributed by atoms with Gasteiger partial charge in [-0.15, -0.1) is 12.4 Å². The zero-order chi connectivity index (χ0) is 16.2. The summed E-state index contributed by atoms with van der Waals surface area (Å²) >= 11 is 0. The Morgan fingerprint density at radius 2 is 1.96 bits per heavy atom. The Bertz CT molecular complexity index is 632. The van der Waals surface area contributed by atoms with Crippen LogP contribution in [0.4, 0.5) is 5.69 Å². The topological polar surface area (TPSA) is 90.5 Å². The number of piperazine rings is 1. The van der Waals surface area contributed by atoms with Crippen molar-refractivity contribution in [1.29, 1.82) is 0 Å². The van der Waals surface area contributed by atoms with Crippen LogP contribution in [0, 0.1) is 0 Å². The maximum absolute atomic E-state index is 12.4. The van der Waals surface area contributed by atoms with Gasteiger partial charge in [0.15, 0.2) is 0 Å². The van der Waals surface area contributed by atoms with E-state index in [1.165, 1.54) is 0 Å². The van der Waals surface area contributed by atoms with Crippen molar-refractivity contribution < 1.29 is 14.4 Å². The number of imide groups is 1. The summed E-state index contributed by atoms with van der Waals surface area (Å²) in [4.78, 5) is 37.5. The lowest BCUT2D eigenvalue weighted by molar-refractivity contribution is -0.134. The van der Waals surface area contributed by atoms with Gasteiger partial charge in [0.2, 0.25) is 11.8 Å². The summed E-state index contributed by atoms with van der Waals surface area (Å²) in [6.45, 7) is 3.65. The zero-order valence-electron chi connectivity index (χ0n) is 13.2. The van der Waals surface area contributed by atoms with E-state index in [2.05, 4.69) is 20.9 Å². The van der Waals surface area contributed by atoms with E-state index < -0.39 is 11.9 Å². The second-order valence-electron chi connectivity index (χ2n) is 5.76. The Morgan fingerprint density at radius 1 is 1.21 bits per heavy atom. The lowest BCUT2D eigenvalue weighted by Gasteiger charge is -2.29. The predicted octanol–water partition coefficient (Wildman–Crippen LogP) is 0.0530. The Kier molecular flexibility index (Phi) is 6.16. The first kappa shape index (κ1) is 18.2. The molecule has 130 valence electrons. The van der Waals surface area contributed by atoms with Crippen LogP contribution in [-0.4, -0.2) is 49.9 Å². The minimum Gasteiger partial charge on any atom is -0.369 e. The van der Waals surface area contributed by atoms with E-state index in [0.717, 1.165) is 31.9 Å². The van der Waals surface area contributed by atoms with Crippen molar-refractivity contribution in [1.82, 2.24) is 16.0 Å². The van der Waals surface area contributed by atoms with Crippen LogP contribution >= 0.6 is 12.4 Å². The average Bonchev–Trinajstić information content (AvgIpc) is 2.58. The number of hydrogen-bond acceptors (Lipinski definition) is 5. The number of amides is 3. The molecule has 0 aliphatic carbocycles. The second-order valence-corrected chi connectivity index (χ2v) is 5.76. The minimum absolute atomic E-state index is 0. The van der Waals surface area contributed by atoms with Crippen molar-refractivity contribution >= 4 is 35.8 Å². The van der Waals surface area contributed by atoms with Gasteiger partial charge in [0.25, 0.3) is 5.91 Å². The van der Waals surface area contributed by atoms with Gasteiger partial charge in [-0.05, 0) is 24.6 Å². The Balaban J connectivity index is 0.00000208. The molecule has 0 spiro atoms. The van der Waals surface area contributed by atoms with Crippen LogP contribution < -0.4 is 20.9 Å². The van der Waals surface area contributed by atoms with Crippen molar-refractivity contribution in [2.24, 2.45) is 0 Å². The summed E-state index contributed by atoms with van der Waals surface area (Å²) in [6, 6.07) is 6.74. The monoisotopic (exact) mass is 352 g/mol. The Labute approximate surface area is 146 Å². The first-order valence-corrected chi connectivity index (χ1v) is 7.84. The molecule has 24 heavy (non-hydrogen) atoms. The lowest BCUT2D eigenvalue weighted by atomic mass is 10.1. The molecule has 8 heteroatoms. The summed E-state index contributed by atoms with van der Waals surface area (Å²) < 4.78 is 0. The standard InChI is InChI=1S/C16H20N4O3.ClH/c21-14-5-4-13(16(23)19-14)18-15(22)11-2-1-3-12(10-11)20-8-6-17-7-9-20;/h1-3,10,13,17H,4-9H2,(H,18,22)(H,19,21,23);1H. The van der Waals surface area contributed by atoms with E-state index >= 15 is 0 Å². The number of rotatable bonds is 3. The molecule has 3 N–H and O–H groups in total. The zero-order valence-corrected chi connectivity index (χ0v) is 14.0. The van der Waals surface area contributed by atoms with Crippen LogP contribution in [0.5, 0.6) is 0 Å². The summed E-state index contributed by atoms with van der Waals surface area (Å²) in [6.07, 6.45) is 0.589. The first-order chi connectivity index (χ1) is 11.1. The third-order valence-corrected chi connectivity index (χ3v) is 4.13. The fourth-order valence-electron chi connectivity index (χ4n) is 2.84. The number of benzene rings is 1. The summed E-state index contributed by atoms with van der Waals surface area (Å²) in [7, 11) is 0. The number of carbonyl (C=O) groups is 3. The minimum atomic E-state index is -0.650. The van der Waals surface area contributed by atoms with Crippen LogP contribution in [0.2, 0.25) is 0 Å². The number of halogens is 1. The normalized spacial score (nSPS) is 20.8. The van der Waals surface area contributed by atoms with Gasteiger partial charge < -0.3 is 15.5 Å². The molecular formula is C16H21ClN4O3. The van der Waals surface area contributed by atoms with E-state index in [4.69, 9.17) is 0 Å².